The molecular formula is C9H9Br2NO2S. The summed E-state index contributed by atoms with van der Waals surface area (Å²) < 4.78 is 23.8. The van der Waals surface area contributed by atoms with Crippen molar-refractivity contribution in [3.63, 3.8) is 0 Å². The lowest BCUT2D eigenvalue weighted by Crippen LogP contribution is -2.05. The van der Waals surface area contributed by atoms with Crippen molar-refractivity contribution in [1.82, 2.24) is 0 Å². The molecule has 0 heterocycles. The first-order valence-electron chi connectivity index (χ1n) is 4.07. The standard InChI is InChI=1S/C9H9Br2NO2S/c1-7-2-4-8(5-3-7)15(13,14)6-12-9(10)11/h2-5H,6H2,1H3. The number of rotatable bonds is 3. The van der Waals surface area contributed by atoms with Gasteiger partial charge in [-0.3, -0.25) is 4.99 Å². The van der Waals surface area contributed by atoms with Crippen molar-refractivity contribution in [2.75, 3.05) is 5.88 Å². The maximum atomic E-state index is 11.7. The van der Waals surface area contributed by atoms with Gasteiger partial charge >= 0.3 is 0 Å². The lowest BCUT2D eigenvalue weighted by atomic mass is 10.2. The number of halogens is 2. The van der Waals surface area contributed by atoms with Gasteiger partial charge in [-0.15, -0.1) is 0 Å². The minimum absolute atomic E-state index is 0.262. The molecule has 0 atom stereocenters. The van der Waals surface area contributed by atoms with Crippen LogP contribution in [0.2, 0.25) is 0 Å². The molecule has 15 heavy (non-hydrogen) atoms. The quantitative estimate of drug-likeness (QED) is 0.783. The number of nitrogens with zero attached hydrogens (tertiary/aromatic N) is 1. The fourth-order valence-corrected chi connectivity index (χ4v) is 2.54. The molecule has 0 saturated carbocycles. The highest BCUT2D eigenvalue weighted by molar-refractivity contribution is 9.39. The monoisotopic (exact) mass is 353 g/mol. The van der Waals surface area contributed by atoms with Crippen LogP contribution in [0, 0.1) is 6.92 Å². The van der Waals surface area contributed by atoms with Crippen molar-refractivity contribution >= 4 is 45.2 Å². The van der Waals surface area contributed by atoms with E-state index in [1.54, 1.807) is 24.3 Å². The summed E-state index contributed by atoms with van der Waals surface area (Å²) in [5.74, 6) is -0.262. The molecule has 0 fully saturated rings. The normalized spacial score (nSPS) is 11.1. The molecule has 0 aliphatic heterocycles. The van der Waals surface area contributed by atoms with E-state index in [2.05, 4.69) is 36.9 Å². The summed E-state index contributed by atoms with van der Waals surface area (Å²) in [6.45, 7) is 1.91. The van der Waals surface area contributed by atoms with Gasteiger partial charge < -0.3 is 0 Å². The summed E-state index contributed by atoms with van der Waals surface area (Å²) in [6.07, 6.45) is 0. The van der Waals surface area contributed by atoms with E-state index in [-0.39, 0.29) is 10.8 Å². The van der Waals surface area contributed by atoms with Gasteiger partial charge in [0.05, 0.1) is 4.90 Å². The molecule has 0 bridgehead atoms. The van der Waals surface area contributed by atoms with Crippen molar-refractivity contribution in [2.24, 2.45) is 4.99 Å². The van der Waals surface area contributed by atoms with Gasteiger partial charge in [-0.25, -0.2) is 8.42 Å². The van der Waals surface area contributed by atoms with Gasteiger partial charge in [-0.05, 0) is 50.9 Å². The predicted molar refractivity (Wildman–Crippen MR) is 68.5 cm³/mol. The summed E-state index contributed by atoms with van der Waals surface area (Å²) in [4.78, 5) is 4.05. The minimum atomic E-state index is -3.32. The van der Waals surface area contributed by atoms with E-state index in [0.29, 0.717) is 3.53 Å². The second-order valence-electron chi connectivity index (χ2n) is 2.96. The van der Waals surface area contributed by atoms with E-state index in [4.69, 9.17) is 0 Å². The molecule has 3 nitrogen and oxygen atoms in total. The van der Waals surface area contributed by atoms with Crippen LogP contribution >= 0.6 is 31.9 Å². The van der Waals surface area contributed by atoms with Gasteiger partial charge in [0.25, 0.3) is 0 Å². The Morgan fingerprint density at radius 3 is 2.27 bits per heavy atom. The predicted octanol–water partition coefficient (Wildman–Crippen LogP) is 2.87. The van der Waals surface area contributed by atoms with Crippen LogP contribution < -0.4 is 0 Å². The van der Waals surface area contributed by atoms with Crippen molar-refractivity contribution < 1.29 is 8.42 Å². The number of aryl methyl sites for hydroxylation is 1. The third-order valence-electron chi connectivity index (χ3n) is 1.73. The average molecular weight is 355 g/mol. The first kappa shape index (κ1) is 12.9. The number of benzene rings is 1. The molecular weight excluding hydrogens is 346 g/mol. The van der Waals surface area contributed by atoms with Gasteiger partial charge in [0.15, 0.2) is 9.84 Å². The van der Waals surface area contributed by atoms with E-state index in [0.717, 1.165) is 5.56 Å². The Morgan fingerprint density at radius 2 is 1.80 bits per heavy atom. The molecule has 0 N–H and O–H groups in total. The summed E-state index contributed by atoms with van der Waals surface area (Å²) in [6, 6.07) is 6.70. The summed E-state index contributed by atoms with van der Waals surface area (Å²) in [5.41, 5.74) is 1.03. The van der Waals surface area contributed by atoms with Gasteiger partial charge in [0.1, 0.15) is 9.41 Å². The third kappa shape index (κ3) is 4.04. The molecule has 82 valence electrons. The van der Waals surface area contributed by atoms with Crippen LogP contribution in [-0.4, -0.2) is 17.8 Å². The average Bonchev–Trinajstić information content (AvgIpc) is 2.16. The van der Waals surface area contributed by atoms with E-state index in [1.807, 2.05) is 6.92 Å². The molecule has 6 heteroatoms. The van der Waals surface area contributed by atoms with Crippen LogP contribution in [0.5, 0.6) is 0 Å². The molecule has 0 unspecified atom stereocenters. The van der Waals surface area contributed by atoms with Gasteiger partial charge in [0, 0.05) is 0 Å². The first-order chi connectivity index (χ1) is 6.92. The molecule has 0 amide bonds. The Labute approximate surface area is 106 Å². The highest BCUT2D eigenvalue weighted by Gasteiger charge is 2.12. The third-order valence-corrected chi connectivity index (χ3v) is 3.70. The van der Waals surface area contributed by atoms with E-state index in [1.165, 1.54) is 0 Å². The molecule has 0 aliphatic carbocycles. The molecule has 1 rings (SSSR count). The Hall–Kier alpha value is -0.200. The summed E-state index contributed by atoms with van der Waals surface area (Å²) in [7, 11) is -3.32. The molecule has 1 aromatic carbocycles. The van der Waals surface area contributed by atoms with Gasteiger partial charge in [0.2, 0.25) is 0 Å². The fourth-order valence-electron chi connectivity index (χ4n) is 0.954. The SMILES string of the molecule is Cc1ccc(S(=O)(=O)CN=C(Br)Br)cc1. The minimum Gasteiger partial charge on any atom is -0.254 e. The largest absolute Gasteiger partial charge is 0.254 e. The molecule has 0 spiro atoms. The lowest BCUT2D eigenvalue weighted by Gasteiger charge is -2.01. The Bertz CT molecular complexity index is 461. The van der Waals surface area contributed by atoms with E-state index >= 15 is 0 Å². The van der Waals surface area contributed by atoms with Crippen LogP contribution in [-0.2, 0) is 9.84 Å². The van der Waals surface area contributed by atoms with Crippen LogP contribution in [0.15, 0.2) is 34.2 Å². The van der Waals surface area contributed by atoms with Crippen molar-refractivity contribution in [3.05, 3.63) is 29.8 Å². The number of hydrogen-bond donors (Lipinski definition) is 0. The zero-order valence-electron chi connectivity index (χ0n) is 7.94. The second kappa shape index (κ2) is 5.23. The zero-order chi connectivity index (χ0) is 11.5. The fraction of sp³-hybridized carbons (Fsp3) is 0.222. The summed E-state index contributed by atoms with van der Waals surface area (Å²) in [5, 5.41) is 0. The van der Waals surface area contributed by atoms with Crippen LogP contribution in [0.4, 0.5) is 0 Å². The molecule has 1 aromatic rings. The van der Waals surface area contributed by atoms with Crippen LogP contribution in [0.25, 0.3) is 0 Å². The van der Waals surface area contributed by atoms with Crippen molar-refractivity contribution in [1.29, 1.82) is 0 Å². The number of sulfone groups is 1. The highest BCUT2D eigenvalue weighted by Crippen LogP contribution is 2.13. The topological polar surface area (TPSA) is 46.5 Å². The molecule has 0 aromatic heterocycles. The molecule has 0 radical (unpaired) electrons. The van der Waals surface area contributed by atoms with E-state index < -0.39 is 9.84 Å². The maximum Gasteiger partial charge on any atom is 0.198 e. The van der Waals surface area contributed by atoms with Crippen LogP contribution in [0.1, 0.15) is 5.56 Å². The van der Waals surface area contributed by atoms with E-state index in [9.17, 15) is 8.42 Å². The lowest BCUT2D eigenvalue weighted by molar-refractivity contribution is 0.596. The Kier molecular flexibility index (Phi) is 4.48. The number of aliphatic imine (C=N–C) groups is 1. The zero-order valence-corrected chi connectivity index (χ0v) is 11.9. The molecule has 0 saturated heterocycles. The second-order valence-corrected chi connectivity index (χ2v) is 7.48. The van der Waals surface area contributed by atoms with Gasteiger partial charge in [-0.1, -0.05) is 17.7 Å². The van der Waals surface area contributed by atoms with Crippen molar-refractivity contribution in [3.8, 4) is 0 Å². The Balaban J connectivity index is 2.97. The highest BCUT2D eigenvalue weighted by atomic mass is 79.9. The Morgan fingerprint density at radius 1 is 1.27 bits per heavy atom. The molecule has 0 aliphatic rings. The van der Waals surface area contributed by atoms with Crippen molar-refractivity contribution in [2.45, 2.75) is 11.8 Å². The smallest absolute Gasteiger partial charge is 0.198 e. The van der Waals surface area contributed by atoms with Crippen LogP contribution in [0.3, 0.4) is 0 Å². The summed E-state index contributed by atoms with van der Waals surface area (Å²) >= 11 is 6.03. The number of hydrogen-bond acceptors (Lipinski definition) is 3. The first-order valence-corrected chi connectivity index (χ1v) is 7.30. The maximum absolute atomic E-state index is 11.7. The van der Waals surface area contributed by atoms with Gasteiger partial charge in [-0.2, -0.15) is 0 Å².